The molecule has 7 heteroatoms. The number of piperazine rings is 1. The summed E-state index contributed by atoms with van der Waals surface area (Å²) in [6, 6.07) is 16.7. The van der Waals surface area contributed by atoms with Gasteiger partial charge in [-0.2, -0.15) is 0 Å². The van der Waals surface area contributed by atoms with Crippen molar-refractivity contribution in [2.75, 3.05) is 38.7 Å². The van der Waals surface area contributed by atoms with E-state index >= 15 is 0 Å². The van der Waals surface area contributed by atoms with E-state index in [2.05, 4.69) is 47.9 Å². The van der Waals surface area contributed by atoms with Crippen LogP contribution in [0.15, 0.2) is 53.4 Å². The number of carbonyl (C=O) groups excluding carboxylic acids is 2. The minimum absolute atomic E-state index is 0.0151. The normalized spacial score (nSPS) is 27.3. The van der Waals surface area contributed by atoms with Crippen molar-refractivity contribution in [2.45, 2.75) is 50.4 Å². The van der Waals surface area contributed by atoms with Crippen LogP contribution < -0.4 is 9.64 Å². The average molecular weight is 520 g/mol. The van der Waals surface area contributed by atoms with Gasteiger partial charge in [0.05, 0.1) is 12.0 Å². The highest BCUT2D eigenvalue weighted by Gasteiger charge is 2.44. The maximum Gasteiger partial charge on any atom is 0.260 e. The van der Waals surface area contributed by atoms with E-state index in [0.29, 0.717) is 5.25 Å². The van der Waals surface area contributed by atoms with E-state index in [9.17, 15) is 9.59 Å². The van der Waals surface area contributed by atoms with Gasteiger partial charge in [-0.15, -0.1) is 11.8 Å². The molecule has 2 aromatic carbocycles. The fourth-order valence-corrected chi connectivity index (χ4v) is 7.49. The summed E-state index contributed by atoms with van der Waals surface area (Å²) in [4.78, 5) is 34.0. The molecule has 2 aliphatic heterocycles. The van der Waals surface area contributed by atoms with Gasteiger partial charge >= 0.3 is 0 Å². The molecule has 3 fully saturated rings. The fourth-order valence-electron chi connectivity index (χ4n) is 6.01. The van der Waals surface area contributed by atoms with E-state index in [1.54, 1.807) is 18.9 Å². The van der Waals surface area contributed by atoms with E-state index < -0.39 is 0 Å². The molecule has 0 radical (unpaired) electrons. The third kappa shape index (κ3) is 5.37. The molecule has 6 nitrogen and oxygen atoms in total. The lowest BCUT2D eigenvalue weighted by Gasteiger charge is -2.46. The van der Waals surface area contributed by atoms with E-state index in [-0.39, 0.29) is 29.8 Å². The quantitative estimate of drug-likeness (QED) is 0.542. The van der Waals surface area contributed by atoms with Gasteiger partial charge in [-0.3, -0.25) is 9.59 Å². The highest BCUT2D eigenvalue weighted by molar-refractivity contribution is 8.04. The molecule has 3 aliphatic rings. The Hall–Kier alpha value is -2.93. The predicted molar refractivity (Wildman–Crippen MR) is 151 cm³/mol. The number of ether oxygens (including phenoxy) is 1. The standard InChI is InChI=1S/C30H37N3O3S/c1-20-7-5-9-24(15-20)33-14-13-32(19-21(33)2)29(34)23-11-12-27-26(18-23)31(3)30(35)28(37-27)17-22-8-6-10-25(16-22)36-4/h5-10,15-17,21,23,26-27H,11-14,18-19H2,1-4H3/b28-17-. The third-order valence-electron chi connectivity index (χ3n) is 8.08. The van der Waals surface area contributed by atoms with Gasteiger partial charge in [0.2, 0.25) is 5.91 Å². The summed E-state index contributed by atoms with van der Waals surface area (Å²) in [6.45, 7) is 6.67. The second-order valence-electron chi connectivity index (χ2n) is 10.6. The van der Waals surface area contributed by atoms with Crippen LogP contribution in [-0.2, 0) is 9.59 Å². The average Bonchev–Trinajstić information content (AvgIpc) is 2.91. The number of nitrogens with zero attached hydrogens (tertiary/aromatic N) is 3. The number of likely N-dealkylation sites (N-methyl/N-ethyl adjacent to an activating group) is 1. The van der Waals surface area contributed by atoms with E-state index in [4.69, 9.17) is 4.74 Å². The van der Waals surface area contributed by atoms with Gasteiger partial charge in [-0.25, -0.2) is 0 Å². The van der Waals surface area contributed by atoms with Crippen LogP contribution in [0.5, 0.6) is 5.75 Å². The minimum atomic E-state index is -0.0151. The number of amides is 2. The predicted octanol–water partition coefficient (Wildman–Crippen LogP) is 4.82. The summed E-state index contributed by atoms with van der Waals surface area (Å²) in [5.74, 6) is 1.07. The number of aryl methyl sites for hydroxylation is 1. The molecule has 196 valence electrons. The molecule has 2 amide bonds. The maximum absolute atomic E-state index is 13.6. The van der Waals surface area contributed by atoms with Crippen LogP contribution in [-0.4, -0.2) is 72.7 Å². The first-order valence-electron chi connectivity index (χ1n) is 13.3. The van der Waals surface area contributed by atoms with Crippen molar-refractivity contribution in [3.05, 3.63) is 64.6 Å². The lowest BCUT2D eigenvalue weighted by atomic mass is 9.83. The number of methoxy groups -OCH3 is 1. The molecule has 0 N–H and O–H groups in total. The van der Waals surface area contributed by atoms with Crippen LogP contribution in [0.3, 0.4) is 0 Å². The number of rotatable bonds is 4. The molecule has 5 rings (SSSR count). The number of hydrogen-bond donors (Lipinski definition) is 0. The van der Waals surface area contributed by atoms with Crippen molar-refractivity contribution < 1.29 is 14.3 Å². The molecule has 2 aromatic rings. The Morgan fingerprint density at radius 2 is 1.92 bits per heavy atom. The van der Waals surface area contributed by atoms with Crippen LogP contribution in [0.2, 0.25) is 0 Å². The Kier molecular flexibility index (Phi) is 7.52. The zero-order valence-corrected chi connectivity index (χ0v) is 23.0. The summed E-state index contributed by atoms with van der Waals surface area (Å²) in [5, 5.41) is 0.320. The molecule has 1 saturated carbocycles. The fraction of sp³-hybridized carbons (Fsp3) is 0.467. The largest absolute Gasteiger partial charge is 0.497 e. The SMILES string of the molecule is COc1cccc(/C=C2\SC3CCC(C(=O)N4CCN(c5cccc(C)c5)C(C)C4)CC3N(C)C2=O)c1. The Bertz CT molecular complexity index is 1200. The second-order valence-corrected chi connectivity index (χ2v) is 11.9. The Balaban J connectivity index is 1.22. The van der Waals surface area contributed by atoms with Crippen LogP contribution in [0.4, 0.5) is 5.69 Å². The van der Waals surface area contributed by atoms with Crippen molar-refractivity contribution in [3.8, 4) is 5.75 Å². The molecule has 4 unspecified atom stereocenters. The molecule has 0 spiro atoms. The summed E-state index contributed by atoms with van der Waals surface area (Å²) in [5.41, 5.74) is 3.45. The van der Waals surface area contributed by atoms with E-state index in [1.165, 1.54) is 11.3 Å². The lowest BCUT2D eigenvalue weighted by molar-refractivity contribution is -0.139. The highest BCUT2D eigenvalue weighted by Crippen LogP contribution is 2.43. The van der Waals surface area contributed by atoms with Crippen molar-refractivity contribution in [2.24, 2.45) is 5.92 Å². The number of hydrogen-bond acceptors (Lipinski definition) is 5. The van der Waals surface area contributed by atoms with Crippen LogP contribution in [0, 0.1) is 12.8 Å². The number of fused-ring (bicyclic) bond motifs is 1. The number of benzene rings is 2. The van der Waals surface area contributed by atoms with Crippen LogP contribution in [0.1, 0.15) is 37.3 Å². The first-order valence-corrected chi connectivity index (χ1v) is 14.1. The zero-order valence-electron chi connectivity index (χ0n) is 22.2. The smallest absolute Gasteiger partial charge is 0.260 e. The van der Waals surface area contributed by atoms with Crippen molar-refractivity contribution in [1.29, 1.82) is 0 Å². The first kappa shape index (κ1) is 25.7. The monoisotopic (exact) mass is 519 g/mol. The van der Waals surface area contributed by atoms with Gasteiger partial charge in [0.25, 0.3) is 5.91 Å². The molecular weight excluding hydrogens is 482 g/mol. The van der Waals surface area contributed by atoms with Gasteiger partial charge < -0.3 is 19.4 Å². The lowest BCUT2D eigenvalue weighted by Crippen LogP contribution is -2.57. The topological polar surface area (TPSA) is 53.1 Å². The van der Waals surface area contributed by atoms with Crippen molar-refractivity contribution in [1.82, 2.24) is 9.80 Å². The van der Waals surface area contributed by atoms with E-state index in [1.807, 2.05) is 42.3 Å². The van der Waals surface area contributed by atoms with E-state index in [0.717, 1.165) is 55.1 Å². The molecule has 4 atom stereocenters. The summed E-state index contributed by atoms with van der Waals surface area (Å²) < 4.78 is 5.33. The number of carbonyl (C=O) groups is 2. The first-order chi connectivity index (χ1) is 17.8. The number of anilines is 1. The Morgan fingerprint density at radius 1 is 1.11 bits per heavy atom. The minimum Gasteiger partial charge on any atom is -0.497 e. The van der Waals surface area contributed by atoms with Gasteiger partial charge in [0.15, 0.2) is 0 Å². The molecule has 1 aliphatic carbocycles. The van der Waals surface area contributed by atoms with Crippen molar-refractivity contribution >= 4 is 35.3 Å². The summed E-state index contributed by atoms with van der Waals surface area (Å²) in [6.07, 6.45) is 4.54. The Labute approximate surface area is 224 Å². The van der Waals surface area contributed by atoms with Crippen LogP contribution >= 0.6 is 11.8 Å². The van der Waals surface area contributed by atoms with Gasteiger partial charge in [-0.05, 0) is 74.6 Å². The van der Waals surface area contributed by atoms with Gasteiger partial charge in [0.1, 0.15) is 5.75 Å². The summed E-state index contributed by atoms with van der Waals surface area (Å²) >= 11 is 1.68. The zero-order chi connectivity index (χ0) is 26.1. The molecule has 2 saturated heterocycles. The maximum atomic E-state index is 13.6. The molecule has 0 aromatic heterocycles. The molecular formula is C30H37N3O3S. The number of thioether (sulfide) groups is 1. The van der Waals surface area contributed by atoms with Crippen molar-refractivity contribution in [3.63, 3.8) is 0 Å². The molecule has 2 heterocycles. The van der Waals surface area contributed by atoms with Gasteiger partial charge in [-0.1, -0.05) is 24.3 Å². The molecule has 0 bridgehead atoms. The molecule has 37 heavy (non-hydrogen) atoms. The second kappa shape index (κ2) is 10.8. The van der Waals surface area contributed by atoms with Gasteiger partial charge in [0, 0.05) is 55.6 Å². The highest BCUT2D eigenvalue weighted by atomic mass is 32.2. The van der Waals surface area contributed by atoms with Crippen LogP contribution in [0.25, 0.3) is 6.08 Å². The Morgan fingerprint density at radius 3 is 2.68 bits per heavy atom. The summed E-state index contributed by atoms with van der Waals surface area (Å²) in [7, 11) is 3.55. The third-order valence-corrected chi connectivity index (χ3v) is 9.47.